The smallest absolute Gasteiger partial charge is 0.263 e. The Bertz CT molecular complexity index is 970. The van der Waals surface area contributed by atoms with Gasteiger partial charge in [-0.1, -0.05) is 31.2 Å². The van der Waals surface area contributed by atoms with E-state index in [2.05, 4.69) is 15.0 Å². The fourth-order valence-electron chi connectivity index (χ4n) is 2.64. The van der Waals surface area contributed by atoms with Crippen molar-refractivity contribution in [2.24, 2.45) is 4.99 Å². The van der Waals surface area contributed by atoms with Crippen molar-refractivity contribution < 1.29 is 17.9 Å². The minimum Gasteiger partial charge on any atom is -0.491 e. The average molecular weight is 387 g/mol. The number of fused-ring (bicyclic) bond motifs is 1. The standard InChI is InChI=1S/C19H21N3O4S/c1-2-13-26-16-9-5-4-8-15(16)21-18(23)11-12-20-19-14-7-3-6-10-17(14)27(24,25)22-19/h3-10H,2,11-13H2,1H3,(H,20,22)(H,21,23). The second kappa shape index (κ2) is 8.22. The van der Waals surface area contributed by atoms with Crippen LogP contribution in [-0.4, -0.2) is 33.3 Å². The van der Waals surface area contributed by atoms with Crippen LogP contribution in [0, 0.1) is 0 Å². The molecule has 2 aromatic carbocycles. The zero-order valence-electron chi connectivity index (χ0n) is 14.9. The molecule has 0 radical (unpaired) electrons. The highest BCUT2D eigenvalue weighted by Crippen LogP contribution is 2.24. The minimum absolute atomic E-state index is 0.121. The summed E-state index contributed by atoms with van der Waals surface area (Å²) >= 11 is 0. The third kappa shape index (κ3) is 4.46. The van der Waals surface area contributed by atoms with E-state index in [-0.39, 0.29) is 29.6 Å². The number of para-hydroxylation sites is 2. The second-order valence-corrected chi connectivity index (χ2v) is 7.63. The Morgan fingerprint density at radius 2 is 1.89 bits per heavy atom. The van der Waals surface area contributed by atoms with Gasteiger partial charge in [0.1, 0.15) is 11.6 Å². The molecule has 0 bridgehead atoms. The monoisotopic (exact) mass is 387 g/mol. The Balaban J connectivity index is 1.62. The van der Waals surface area contributed by atoms with Crippen LogP contribution in [0.2, 0.25) is 0 Å². The van der Waals surface area contributed by atoms with Gasteiger partial charge in [-0.2, -0.15) is 0 Å². The molecule has 2 aromatic rings. The van der Waals surface area contributed by atoms with E-state index in [4.69, 9.17) is 4.74 Å². The van der Waals surface area contributed by atoms with Crippen molar-refractivity contribution in [1.29, 1.82) is 0 Å². The molecular weight excluding hydrogens is 366 g/mol. The molecule has 1 amide bonds. The van der Waals surface area contributed by atoms with Gasteiger partial charge in [-0.05, 0) is 30.7 Å². The summed E-state index contributed by atoms with van der Waals surface area (Å²) < 4.78 is 32.1. The largest absolute Gasteiger partial charge is 0.491 e. The molecule has 142 valence electrons. The number of benzene rings is 2. The summed E-state index contributed by atoms with van der Waals surface area (Å²) in [5.41, 5.74) is 1.13. The van der Waals surface area contributed by atoms with Crippen LogP contribution in [0.3, 0.4) is 0 Å². The highest BCUT2D eigenvalue weighted by atomic mass is 32.2. The van der Waals surface area contributed by atoms with Crippen LogP contribution in [0.15, 0.2) is 58.4 Å². The number of sulfonamides is 1. The molecule has 1 aliphatic heterocycles. The van der Waals surface area contributed by atoms with Gasteiger partial charge in [0.2, 0.25) is 5.91 Å². The van der Waals surface area contributed by atoms with Crippen LogP contribution in [0.25, 0.3) is 0 Å². The van der Waals surface area contributed by atoms with Gasteiger partial charge in [-0.3, -0.25) is 14.5 Å². The van der Waals surface area contributed by atoms with Crippen LogP contribution in [0.4, 0.5) is 5.69 Å². The first-order valence-corrected chi connectivity index (χ1v) is 10.2. The zero-order chi connectivity index (χ0) is 19.3. The highest BCUT2D eigenvalue weighted by molar-refractivity contribution is 7.90. The predicted octanol–water partition coefficient (Wildman–Crippen LogP) is 2.54. The SMILES string of the molecule is CCCOc1ccccc1NC(=O)CCN=C1NS(=O)(=O)c2ccccc21. The third-order valence-electron chi connectivity index (χ3n) is 3.89. The number of amidine groups is 1. The molecule has 0 spiro atoms. The topological polar surface area (TPSA) is 96.9 Å². The van der Waals surface area contributed by atoms with Gasteiger partial charge in [-0.25, -0.2) is 8.42 Å². The molecule has 0 fully saturated rings. The lowest BCUT2D eigenvalue weighted by Crippen LogP contribution is -2.23. The van der Waals surface area contributed by atoms with E-state index < -0.39 is 10.0 Å². The van der Waals surface area contributed by atoms with Gasteiger partial charge in [-0.15, -0.1) is 0 Å². The Labute approximate surface area is 158 Å². The Morgan fingerprint density at radius 3 is 2.70 bits per heavy atom. The number of carbonyl (C=O) groups is 1. The number of carbonyl (C=O) groups excluding carboxylic acids is 1. The first-order chi connectivity index (χ1) is 13.0. The maximum Gasteiger partial charge on any atom is 0.263 e. The number of nitrogens with zero attached hydrogens (tertiary/aromatic N) is 1. The summed E-state index contributed by atoms with van der Waals surface area (Å²) in [5, 5.41) is 2.81. The maximum atomic E-state index is 12.2. The van der Waals surface area contributed by atoms with E-state index >= 15 is 0 Å². The van der Waals surface area contributed by atoms with Crippen LogP contribution in [0.5, 0.6) is 5.75 Å². The fraction of sp³-hybridized carbons (Fsp3) is 0.263. The normalized spacial score (nSPS) is 15.8. The Kier molecular flexibility index (Phi) is 5.75. The molecule has 1 heterocycles. The molecule has 0 aromatic heterocycles. The molecule has 2 N–H and O–H groups in total. The number of hydrogen-bond acceptors (Lipinski definition) is 5. The summed E-state index contributed by atoms with van der Waals surface area (Å²) in [6.45, 7) is 2.74. The van der Waals surface area contributed by atoms with Crippen molar-refractivity contribution in [1.82, 2.24) is 4.72 Å². The summed E-state index contributed by atoms with van der Waals surface area (Å²) in [6.07, 6.45) is 0.993. The van der Waals surface area contributed by atoms with Crippen molar-refractivity contribution in [2.75, 3.05) is 18.5 Å². The van der Waals surface area contributed by atoms with Gasteiger partial charge in [0, 0.05) is 12.0 Å². The fourth-order valence-corrected chi connectivity index (χ4v) is 3.89. The highest BCUT2D eigenvalue weighted by Gasteiger charge is 2.29. The van der Waals surface area contributed by atoms with Crippen molar-refractivity contribution in [3.63, 3.8) is 0 Å². The first-order valence-electron chi connectivity index (χ1n) is 8.69. The average Bonchev–Trinajstić information content (AvgIpc) is 2.92. The molecular formula is C19H21N3O4S. The van der Waals surface area contributed by atoms with Crippen LogP contribution >= 0.6 is 0 Å². The summed E-state index contributed by atoms with van der Waals surface area (Å²) in [7, 11) is -3.57. The molecule has 1 aliphatic rings. The summed E-state index contributed by atoms with van der Waals surface area (Å²) in [5.74, 6) is 0.669. The quantitative estimate of drug-likeness (QED) is 0.763. The van der Waals surface area contributed by atoms with E-state index in [0.29, 0.717) is 23.6 Å². The number of aliphatic imine (C=N–C) groups is 1. The Morgan fingerprint density at radius 1 is 1.15 bits per heavy atom. The molecule has 0 aliphatic carbocycles. The van der Waals surface area contributed by atoms with E-state index in [0.717, 1.165) is 6.42 Å². The zero-order valence-corrected chi connectivity index (χ0v) is 15.8. The molecule has 8 heteroatoms. The van der Waals surface area contributed by atoms with E-state index in [9.17, 15) is 13.2 Å². The lowest BCUT2D eigenvalue weighted by atomic mass is 10.2. The number of nitrogens with one attached hydrogen (secondary N) is 2. The molecule has 7 nitrogen and oxygen atoms in total. The third-order valence-corrected chi connectivity index (χ3v) is 5.29. The predicted molar refractivity (Wildman–Crippen MR) is 104 cm³/mol. The van der Waals surface area contributed by atoms with Gasteiger partial charge in [0.05, 0.1) is 23.7 Å². The van der Waals surface area contributed by atoms with Crippen LogP contribution in [-0.2, 0) is 14.8 Å². The molecule has 0 saturated carbocycles. The second-order valence-electron chi connectivity index (χ2n) is 5.97. The van der Waals surface area contributed by atoms with Crippen LogP contribution in [0.1, 0.15) is 25.3 Å². The van der Waals surface area contributed by atoms with Crippen molar-refractivity contribution in [3.8, 4) is 5.75 Å². The van der Waals surface area contributed by atoms with Gasteiger partial charge < -0.3 is 10.1 Å². The lowest BCUT2D eigenvalue weighted by Gasteiger charge is -2.11. The molecule has 27 heavy (non-hydrogen) atoms. The number of hydrogen-bond donors (Lipinski definition) is 2. The maximum absolute atomic E-state index is 12.2. The molecule has 3 rings (SSSR count). The van der Waals surface area contributed by atoms with Crippen molar-refractivity contribution >= 4 is 27.5 Å². The van der Waals surface area contributed by atoms with Crippen molar-refractivity contribution in [3.05, 3.63) is 54.1 Å². The number of rotatable bonds is 7. The van der Waals surface area contributed by atoms with E-state index in [1.165, 1.54) is 6.07 Å². The number of ether oxygens (including phenoxy) is 1. The van der Waals surface area contributed by atoms with Crippen LogP contribution < -0.4 is 14.8 Å². The molecule has 0 atom stereocenters. The first kappa shape index (κ1) is 18.9. The Hall–Kier alpha value is -2.87. The molecule has 0 unspecified atom stereocenters. The molecule has 0 saturated heterocycles. The lowest BCUT2D eigenvalue weighted by molar-refractivity contribution is -0.116. The number of amides is 1. The van der Waals surface area contributed by atoms with Gasteiger partial charge >= 0.3 is 0 Å². The van der Waals surface area contributed by atoms with Gasteiger partial charge in [0.25, 0.3) is 10.0 Å². The summed E-state index contributed by atoms with van der Waals surface area (Å²) in [6, 6.07) is 13.9. The van der Waals surface area contributed by atoms with E-state index in [1.54, 1.807) is 30.3 Å². The number of anilines is 1. The van der Waals surface area contributed by atoms with Crippen molar-refractivity contribution in [2.45, 2.75) is 24.7 Å². The van der Waals surface area contributed by atoms with E-state index in [1.807, 2.05) is 19.1 Å². The summed E-state index contributed by atoms with van der Waals surface area (Å²) in [4.78, 5) is 16.7. The van der Waals surface area contributed by atoms with Gasteiger partial charge in [0.15, 0.2) is 0 Å². The minimum atomic E-state index is -3.57.